The van der Waals surface area contributed by atoms with Gasteiger partial charge in [-0.2, -0.15) is 4.98 Å². The topological polar surface area (TPSA) is 60.2 Å². The van der Waals surface area contributed by atoms with Crippen LogP contribution in [0.1, 0.15) is 18.1 Å². The smallest absolute Gasteiger partial charge is 0.227 e. The van der Waals surface area contributed by atoms with E-state index in [2.05, 4.69) is 15.5 Å². The number of ether oxygens (including phenoxy) is 1. The number of nitrogens with zero attached hydrogens (tertiary/aromatic N) is 2. The van der Waals surface area contributed by atoms with E-state index in [1.54, 1.807) is 18.2 Å². The summed E-state index contributed by atoms with van der Waals surface area (Å²) in [7, 11) is 0. The lowest BCUT2D eigenvalue weighted by Gasteiger charge is -2.03. The molecule has 1 aromatic heterocycles. The van der Waals surface area contributed by atoms with Crippen molar-refractivity contribution in [2.75, 3.05) is 13.1 Å². The molecule has 6 heteroatoms. The fraction of sp³-hybridized carbons (Fsp3) is 0.429. The van der Waals surface area contributed by atoms with Crippen molar-refractivity contribution in [1.29, 1.82) is 0 Å². The zero-order valence-electron chi connectivity index (χ0n) is 11.0. The standard InChI is InChI=1S/C14H16FN3O2/c15-11-3-1-2-4-12(11)19-9-13-17-14(20-18-13)7-10-5-6-16-8-10/h1-4,10,16H,5-9H2. The molecule has 0 amide bonds. The fourth-order valence-electron chi connectivity index (χ4n) is 2.27. The van der Waals surface area contributed by atoms with Gasteiger partial charge in [-0.3, -0.25) is 0 Å². The SMILES string of the molecule is Fc1ccccc1OCc1noc(CC2CCNC2)n1. The van der Waals surface area contributed by atoms with Crippen molar-refractivity contribution in [3.8, 4) is 5.75 Å². The number of hydrogen-bond donors (Lipinski definition) is 1. The van der Waals surface area contributed by atoms with Gasteiger partial charge in [-0.05, 0) is 37.6 Å². The van der Waals surface area contributed by atoms with E-state index in [4.69, 9.17) is 9.26 Å². The van der Waals surface area contributed by atoms with E-state index >= 15 is 0 Å². The van der Waals surface area contributed by atoms with E-state index in [1.807, 2.05) is 0 Å². The van der Waals surface area contributed by atoms with Crippen LogP contribution in [0.15, 0.2) is 28.8 Å². The number of halogens is 1. The molecule has 5 nitrogen and oxygen atoms in total. The van der Waals surface area contributed by atoms with Crippen LogP contribution >= 0.6 is 0 Å². The Hall–Kier alpha value is -1.95. The second-order valence-electron chi connectivity index (χ2n) is 4.89. The zero-order valence-corrected chi connectivity index (χ0v) is 11.0. The molecular formula is C14H16FN3O2. The van der Waals surface area contributed by atoms with Crippen LogP contribution in [0.2, 0.25) is 0 Å². The number of aromatic nitrogens is 2. The summed E-state index contributed by atoms with van der Waals surface area (Å²) in [5, 5.41) is 7.15. The summed E-state index contributed by atoms with van der Waals surface area (Å²) in [4.78, 5) is 4.27. The second-order valence-corrected chi connectivity index (χ2v) is 4.89. The second kappa shape index (κ2) is 6.00. The molecule has 106 valence electrons. The molecule has 0 bridgehead atoms. The first-order chi connectivity index (χ1) is 9.81. The van der Waals surface area contributed by atoms with Gasteiger partial charge in [-0.25, -0.2) is 4.39 Å². The summed E-state index contributed by atoms with van der Waals surface area (Å²) >= 11 is 0. The van der Waals surface area contributed by atoms with E-state index in [1.165, 1.54) is 6.07 Å². The number of hydrogen-bond acceptors (Lipinski definition) is 5. The average molecular weight is 277 g/mol. The van der Waals surface area contributed by atoms with Gasteiger partial charge in [0.1, 0.15) is 0 Å². The predicted octanol–water partition coefficient (Wildman–Crippen LogP) is 1.94. The summed E-state index contributed by atoms with van der Waals surface area (Å²) in [5.41, 5.74) is 0. The molecule has 1 fully saturated rings. The minimum atomic E-state index is -0.395. The Kier molecular flexibility index (Phi) is 3.92. The summed E-state index contributed by atoms with van der Waals surface area (Å²) in [6.45, 7) is 2.14. The van der Waals surface area contributed by atoms with Crippen LogP contribution in [0, 0.1) is 11.7 Å². The molecule has 1 aromatic carbocycles. The van der Waals surface area contributed by atoms with Gasteiger partial charge in [-0.15, -0.1) is 0 Å². The molecule has 3 rings (SSSR count). The molecule has 1 aliphatic heterocycles. The van der Waals surface area contributed by atoms with Gasteiger partial charge in [-0.1, -0.05) is 17.3 Å². The number of nitrogens with one attached hydrogen (secondary N) is 1. The number of rotatable bonds is 5. The molecule has 1 N–H and O–H groups in total. The van der Waals surface area contributed by atoms with Crippen molar-refractivity contribution in [2.45, 2.75) is 19.4 Å². The van der Waals surface area contributed by atoms with E-state index in [-0.39, 0.29) is 12.4 Å². The Morgan fingerprint density at radius 3 is 3.10 bits per heavy atom. The molecule has 1 saturated heterocycles. The largest absolute Gasteiger partial charge is 0.482 e. The summed E-state index contributed by atoms with van der Waals surface area (Å²) in [6.07, 6.45) is 1.91. The zero-order chi connectivity index (χ0) is 13.8. The van der Waals surface area contributed by atoms with Gasteiger partial charge in [0.05, 0.1) is 0 Å². The van der Waals surface area contributed by atoms with E-state index < -0.39 is 5.82 Å². The van der Waals surface area contributed by atoms with Gasteiger partial charge < -0.3 is 14.6 Å². The third-order valence-corrected chi connectivity index (χ3v) is 3.33. The first kappa shape index (κ1) is 13.1. The Labute approximate surface area is 116 Å². The minimum absolute atomic E-state index is 0.105. The third-order valence-electron chi connectivity index (χ3n) is 3.33. The normalized spacial score (nSPS) is 18.4. The molecule has 1 unspecified atom stereocenters. The summed E-state index contributed by atoms with van der Waals surface area (Å²) < 4.78 is 23.9. The van der Waals surface area contributed by atoms with E-state index in [9.17, 15) is 4.39 Å². The maximum atomic E-state index is 13.4. The van der Waals surface area contributed by atoms with Crippen LogP contribution in [0.3, 0.4) is 0 Å². The summed E-state index contributed by atoms with van der Waals surface area (Å²) in [5.74, 6) is 1.41. The van der Waals surface area contributed by atoms with Crippen molar-refractivity contribution in [3.05, 3.63) is 41.8 Å². The molecule has 1 atom stereocenters. The predicted molar refractivity (Wildman–Crippen MR) is 69.7 cm³/mol. The number of benzene rings is 1. The van der Waals surface area contributed by atoms with Crippen LogP contribution in [0.4, 0.5) is 4.39 Å². The van der Waals surface area contributed by atoms with Crippen molar-refractivity contribution in [3.63, 3.8) is 0 Å². The van der Waals surface area contributed by atoms with Crippen molar-refractivity contribution < 1.29 is 13.7 Å². The Balaban J connectivity index is 1.56. The quantitative estimate of drug-likeness (QED) is 0.905. The van der Waals surface area contributed by atoms with Crippen LogP contribution in [-0.4, -0.2) is 23.2 Å². The molecule has 0 spiro atoms. The Morgan fingerprint density at radius 1 is 1.40 bits per heavy atom. The van der Waals surface area contributed by atoms with Crippen molar-refractivity contribution >= 4 is 0 Å². The maximum Gasteiger partial charge on any atom is 0.227 e. The van der Waals surface area contributed by atoms with Crippen LogP contribution in [0.25, 0.3) is 0 Å². The van der Waals surface area contributed by atoms with Gasteiger partial charge in [0.25, 0.3) is 0 Å². The molecule has 0 saturated carbocycles. The minimum Gasteiger partial charge on any atom is -0.482 e. The fourth-order valence-corrected chi connectivity index (χ4v) is 2.27. The summed E-state index contributed by atoms with van der Waals surface area (Å²) in [6, 6.07) is 6.25. The number of para-hydroxylation sites is 1. The van der Waals surface area contributed by atoms with E-state index in [0.29, 0.717) is 17.6 Å². The first-order valence-electron chi connectivity index (χ1n) is 6.71. The highest BCUT2D eigenvalue weighted by molar-refractivity contribution is 5.23. The molecule has 20 heavy (non-hydrogen) atoms. The molecule has 0 radical (unpaired) electrons. The lowest BCUT2D eigenvalue weighted by Crippen LogP contribution is -2.11. The lowest BCUT2D eigenvalue weighted by atomic mass is 10.1. The molecule has 2 aromatic rings. The first-order valence-corrected chi connectivity index (χ1v) is 6.71. The van der Waals surface area contributed by atoms with Crippen molar-refractivity contribution in [1.82, 2.24) is 15.5 Å². The van der Waals surface area contributed by atoms with Gasteiger partial charge in [0.15, 0.2) is 18.2 Å². The highest BCUT2D eigenvalue weighted by Gasteiger charge is 2.18. The molecule has 1 aliphatic rings. The van der Waals surface area contributed by atoms with Crippen LogP contribution < -0.4 is 10.1 Å². The van der Waals surface area contributed by atoms with E-state index in [0.717, 1.165) is 25.9 Å². The molecule has 2 heterocycles. The highest BCUT2D eigenvalue weighted by atomic mass is 19.1. The average Bonchev–Trinajstić information content (AvgIpc) is 3.10. The van der Waals surface area contributed by atoms with Gasteiger partial charge in [0.2, 0.25) is 11.7 Å². The monoisotopic (exact) mass is 277 g/mol. The van der Waals surface area contributed by atoms with Gasteiger partial charge >= 0.3 is 0 Å². The highest BCUT2D eigenvalue weighted by Crippen LogP contribution is 2.17. The molecular weight excluding hydrogens is 261 g/mol. The van der Waals surface area contributed by atoms with Crippen LogP contribution in [-0.2, 0) is 13.0 Å². The van der Waals surface area contributed by atoms with Crippen molar-refractivity contribution in [2.24, 2.45) is 5.92 Å². The van der Waals surface area contributed by atoms with Gasteiger partial charge in [0, 0.05) is 6.42 Å². The Morgan fingerprint density at radius 2 is 2.30 bits per heavy atom. The lowest BCUT2D eigenvalue weighted by molar-refractivity contribution is 0.272. The molecule has 0 aliphatic carbocycles. The maximum absolute atomic E-state index is 13.4. The van der Waals surface area contributed by atoms with Crippen LogP contribution in [0.5, 0.6) is 5.75 Å². The Bertz CT molecular complexity index is 567. The third kappa shape index (κ3) is 3.14.